The molecule has 0 bridgehead atoms. The molecule has 5 heteroatoms. The molecule has 2 rings (SSSR count). The van der Waals surface area contributed by atoms with Gasteiger partial charge in [-0.3, -0.25) is 9.59 Å². The van der Waals surface area contributed by atoms with Crippen LogP contribution in [-0.2, 0) is 9.53 Å². The Morgan fingerprint density at radius 1 is 1.43 bits per heavy atom. The predicted molar refractivity (Wildman–Crippen MR) is 77.7 cm³/mol. The number of hydrogen-bond acceptors (Lipinski definition) is 4. The number of furan rings is 1. The lowest BCUT2D eigenvalue weighted by Gasteiger charge is -2.35. The maximum absolute atomic E-state index is 12.5. The van der Waals surface area contributed by atoms with Crippen molar-refractivity contribution in [3.05, 3.63) is 24.2 Å². The van der Waals surface area contributed by atoms with E-state index in [1.807, 2.05) is 20.8 Å². The summed E-state index contributed by atoms with van der Waals surface area (Å²) in [6.07, 6.45) is 2.28. The summed E-state index contributed by atoms with van der Waals surface area (Å²) in [5.41, 5.74) is -0.328. The first-order valence-electron chi connectivity index (χ1n) is 7.36. The predicted octanol–water partition coefficient (Wildman–Crippen LogP) is 2.72. The van der Waals surface area contributed by atoms with Crippen molar-refractivity contribution >= 4 is 11.9 Å². The maximum Gasteiger partial charge on any atom is 0.309 e. The highest BCUT2D eigenvalue weighted by molar-refractivity contribution is 5.92. The number of carbonyl (C=O) groups excluding carboxylic acids is 2. The molecular weight excluding hydrogens is 270 g/mol. The van der Waals surface area contributed by atoms with Gasteiger partial charge in [-0.1, -0.05) is 0 Å². The topological polar surface area (TPSA) is 59.8 Å². The van der Waals surface area contributed by atoms with E-state index in [2.05, 4.69) is 0 Å². The number of ether oxygens (including phenoxy) is 1. The van der Waals surface area contributed by atoms with Gasteiger partial charge in [0.1, 0.15) is 0 Å². The first-order chi connectivity index (χ1) is 9.84. The minimum Gasteiger partial charge on any atom is -0.466 e. The second kappa shape index (κ2) is 5.92. The van der Waals surface area contributed by atoms with E-state index in [-0.39, 0.29) is 29.3 Å². The Hall–Kier alpha value is -1.78. The molecule has 1 fully saturated rings. The van der Waals surface area contributed by atoms with E-state index in [0.717, 1.165) is 6.42 Å². The molecule has 0 radical (unpaired) electrons. The van der Waals surface area contributed by atoms with Crippen molar-refractivity contribution in [3.8, 4) is 0 Å². The van der Waals surface area contributed by atoms with Crippen LogP contribution in [0.1, 0.15) is 44.7 Å². The Kier molecular flexibility index (Phi) is 4.40. The quantitative estimate of drug-likeness (QED) is 0.783. The Labute approximate surface area is 125 Å². The van der Waals surface area contributed by atoms with Crippen molar-refractivity contribution in [3.63, 3.8) is 0 Å². The van der Waals surface area contributed by atoms with Crippen molar-refractivity contribution in [2.45, 2.75) is 39.7 Å². The van der Waals surface area contributed by atoms with Gasteiger partial charge in [-0.25, -0.2) is 0 Å². The second-order valence-electron chi connectivity index (χ2n) is 6.42. The minimum atomic E-state index is -0.328. The van der Waals surface area contributed by atoms with Crippen LogP contribution in [0.25, 0.3) is 0 Å². The van der Waals surface area contributed by atoms with Crippen LogP contribution in [-0.4, -0.2) is 35.5 Å². The average molecular weight is 293 g/mol. The van der Waals surface area contributed by atoms with E-state index >= 15 is 0 Å². The molecule has 0 aromatic carbocycles. The lowest BCUT2D eigenvalue weighted by Crippen LogP contribution is -2.46. The van der Waals surface area contributed by atoms with Gasteiger partial charge in [-0.05, 0) is 52.2 Å². The highest BCUT2D eigenvalue weighted by Gasteiger charge is 2.47. The van der Waals surface area contributed by atoms with Crippen molar-refractivity contribution in [1.29, 1.82) is 0 Å². The summed E-state index contributed by atoms with van der Waals surface area (Å²) >= 11 is 0. The normalized spacial score (nSPS) is 21.0. The number of carbonyl (C=O) groups is 2. The number of amides is 1. The van der Waals surface area contributed by atoms with E-state index in [9.17, 15) is 9.59 Å². The van der Waals surface area contributed by atoms with E-state index in [0.29, 0.717) is 18.9 Å². The van der Waals surface area contributed by atoms with Crippen LogP contribution in [0, 0.1) is 11.8 Å². The molecule has 116 valence electrons. The molecule has 2 atom stereocenters. The average Bonchev–Trinajstić information content (AvgIpc) is 2.95. The van der Waals surface area contributed by atoms with E-state index < -0.39 is 0 Å². The number of hydrogen-bond donors (Lipinski definition) is 0. The van der Waals surface area contributed by atoms with Gasteiger partial charge in [0.15, 0.2) is 5.76 Å². The molecular formula is C16H23NO4. The van der Waals surface area contributed by atoms with Crippen LogP contribution in [0.5, 0.6) is 0 Å². The lowest BCUT2D eigenvalue weighted by atomic mass is 10.0. The molecule has 0 aliphatic heterocycles. The van der Waals surface area contributed by atoms with Gasteiger partial charge in [0.25, 0.3) is 5.91 Å². The summed E-state index contributed by atoms with van der Waals surface area (Å²) in [6.45, 7) is 8.70. The van der Waals surface area contributed by atoms with Crippen LogP contribution in [0.15, 0.2) is 22.8 Å². The standard InChI is InChI=1S/C16H23NO4/c1-5-20-15(19)12-9-11(12)10-17(16(2,3)4)14(18)13-7-6-8-21-13/h6-8,11-12H,5,9-10H2,1-4H3/t11-,12+/m0/s1. The van der Waals surface area contributed by atoms with Gasteiger partial charge in [0.2, 0.25) is 0 Å². The van der Waals surface area contributed by atoms with Gasteiger partial charge < -0.3 is 14.1 Å². The highest BCUT2D eigenvalue weighted by atomic mass is 16.5. The number of rotatable bonds is 5. The lowest BCUT2D eigenvalue weighted by molar-refractivity contribution is -0.145. The molecule has 1 aromatic rings. The Balaban J connectivity index is 2.03. The zero-order valence-electron chi connectivity index (χ0n) is 13.1. The van der Waals surface area contributed by atoms with Crippen molar-refractivity contribution < 1.29 is 18.7 Å². The van der Waals surface area contributed by atoms with Crippen LogP contribution >= 0.6 is 0 Å². The van der Waals surface area contributed by atoms with Gasteiger partial charge in [0.05, 0.1) is 18.8 Å². The Bertz CT molecular complexity index is 501. The third-order valence-corrected chi connectivity index (χ3v) is 3.72. The van der Waals surface area contributed by atoms with Gasteiger partial charge >= 0.3 is 5.97 Å². The molecule has 1 saturated carbocycles. The fourth-order valence-corrected chi connectivity index (χ4v) is 2.42. The van der Waals surface area contributed by atoms with E-state index in [4.69, 9.17) is 9.15 Å². The van der Waals surface area contributed by atoms with Crippen molar-refractivity contribution in [2.75, 3.05) is 13.2 Å². The zero-order chi connectivity index (χ0) is 15.6. The molecule has 0 spiro atoms. The Morgan fingerprint density at radius 2 is 2.14 bits per heavy atom. The largest absolute Gasteiger partial charge is 0.466 e. The summed E-state index contributed by atoms with van der Waals surface area (Å²) < 4.78 is 10.2. The summed E-state index contributed by atoms with van der Waals surface area (Å²) in [5.74, 6) is 0.156. The Morgan fingerprint density at radius 3 is 2.67 bits per heavy atom. The summed E-state index contributed by atoms with van der Waals surface area (Å²) in [4.78, 5) is 26.0. The van der Waals surface area contributed by atoms with Crippen molar-refractivity contribution in [2.24, 2.45) is 11.8 Å². The zero-order valence-corrected chi connectivity index (χ0v) is 13.1. The third-order valence-electron chi connectivity index (χ3n) is 3.72. The van der Waals surface area contributed by atoms with Gasteiger partial charge in [-0.15, -0.1) is 0 Å². The van der Waals surface area contributed by atoms with Crippen molar-refractivity contribution in [1.82, 2.24) is 4.90 Å². The summed E-state index contributed by atoms with van der Waals surface area (Å²) in [6, 6.07) is 3.36. The fraction of sp³-hybridized carbons (Fsp3) is 0.625. The smallest absolute Gasteiger partial charge is 0.309 e. The first-order valence-corrected chi connectivity index (χ1v) is 7.36. The number of esters is 1. The second-order valence-corrected chi connectivity index (χ2v) is 6.42. The molecule has 21 heavy (non-hydrogen) atoms. The monoisotopic (exact) mass is 293 g/mol. The van der Waals surface area contributed by atoms with Crippen LogP contribution in [0.2, 0.25) is 0 Å². The molecule has 1 aliphatic carbocycles. The molecule has 1 heterocycles. The van der Waals surface area contributed by atoms with Crippen LogP contribution in [0.4, 0.5) is 0 Å². The third kappa shape index (κ3) is 3.65. The van der Waals surface area contributed by atoms with E-state index in [1.165, 1.54) is 6.26 Å². The molecule has 1 aliphatic rings. The molecule has 1 amide bonds. The molecule has 5 nitrogen and oxygen atoms in total. The molecule has 0 unspecified atom stereocenters. The number of nitrogens with zero attached hydrogens (tertiary/aromatic N) is 1. The van der Waals surface area contributed by atoms with Gasteiger partial charge in [0, 0.05) is 12.1 Å². The van der Waals surface area contributed by atoms with E-state index in [1.54, 1.807) is 24.0 Å². The summed E-state index contributed by atoms with van der Waals surface area (Å²) in [5, 5.41) is 0. The van der Waals surface area contributed by atoms with Crippen LogP contribution < -0.4 is 0 Å². The minimum absolute atomic E-state index is 0.0702. The maximum atomic E-state index is 12.5. The fourth-order valence-electron chi connectivity index (χ4n) is 2.42. The van der Waals surface area contributed by atoms with Gasteiger partial charge in [-0.2, -0.15) is 0 Å². The SMILES string of the molecule is CCOC(=O)[C@@H]1C[C@H]1CN(C(=O)c1ccco1)C(C)(C)C. The van der Waals surface area contributed by atoms with Crippen LogP contribution in [0.3, 0.4) is 0 Å². The highest BCUT2D eigenvalue weighted by Crippen LogP contribution is 2.41. The first kappa shape index (κ1) is 15.6. The molecule has 0 saturated heterocycles. The summed E-state index contributed by atoms with van der Waals surface area (Å²) in [7, 11) is 0. The molecule has 1 aromatic heterocycles. The molecule has 0 N–H and O–H groups in total.